The van der Waals surface area contributed by atoms with Crippen LogP contribution < -0.4 is 0 Å². The first-order valence-electron chi connectivity index (χ1n) is 7.55. The summed E-state index contributed by atoms with van der Waals surface area (Å²) in [6, 6.07) is 22.2. The summed E-state index contributed by atoms with van der Waals surface area (Å²) in [5.74, 6) is 0.311. The number of pyridine rings is 1. The number of hydrogen-bond donors (Lipinski definition) is 0. The van der Waals surface area contributed by atoms with Crippen LogP contribution in [-0.4, -0.2) is 4.98 Å². The van der Waals surface area contributed by atoms with Crippen molar-refractivity contribution in [3.8, 4) is 22.4 Å². The van der Waals surface area contributed by atoms with Gasteiger partial charge in [0, 0.05) is 17.5 Å². The number of hydrogen-bond acceptors (Lipinski definition) is 1. The molecule has 0 amide bonds. The van der Waals surface area contributed by atoms with Crippen molar-refractivity contribution in [1.29, 1.82) is 0 Å². The minimum atomic E-state index is -0.219. The molecule has 0 N–H and O–H groups in total. The fourth-order valence-electron chi connectivity index (χ4n) is 2.59. The van der Waals surface area contributed by atoms with Gasteiger partial charge in [-0.15, -0.1) is 0 Å². The van der Waals surface area contributed by atoms with E-state index in [-0.39, 0.29) is 5.82 Å². The molecule has 1 fully saturated rings. The van der Waals surface area contributed by atoms with E-state index in [0.29, 0.717) is 5.92 Å². The van der Waals surface area contributed by atoms with Gasteiger partial charge in [0.25, 0.3) is 0 Å². The highest BCUT2D eigenvalue weighted by Gasteiger charge is 2.26. The third kappa shape index (κ3) is 2.64. The van der Waals surface area contributed by atoms with E-state index in [0.717, 1.165) is 28.1 Å². The molecule has 0 saturated heterocycles. The number of benzene rings is 2. The number of aromatic nitrogens is 1. The maximum absolute atomic E-state index is 13.1. The molecule has 1 heterocycles. The largest absolute Gasteiger partial charge is 0.252 e. The van der Waals surface area contributed by atoms with Gasteiger partial charge in [-0.25, -0.2) is 4.39 Å². The van der Waals surface area contributed by atoms with Crippen LogP contribution in [0.15, 0.2) is 60.7 Å². The van der Waals surface area contributed by atoms with Crippen molar-refractivity contribution in [1.82, 2.24) is 4.98 Å². The molecule has 107 valence electrons. The Labute approximate surface area is 129 Å². The standard InChI is InChI=1S/C20H15FN/c21-18-10-8-14(9-11-18)17-12-19(15-4-2-1-3-5-15)22-20(13-17)16-6-7-16/h1-5,8-12,16H,6-7H2. The van der Waals surface area contributed by atoms with E-state index >= 15 is 0 Å². The van der Waals surface area contributed by atoms with Crippen molar-refractivity contribution < 1.29 is 4.39 Å². The summed E-state index contributed by atoms with van der Waals surface area (Å²) in [5, 5.41) is 0. The van der Waals surface area contributed by atoms with Crippen LogP contribution in [0.3, 0.4) is 0 Å². The maximum atomic E-state index is 13.1. The van der Waals surface area contributed by atoms with Crippen LogP contribution in [0.5, 0.6) is 0 Å². The molecule has 3 aromatic rings. The predicted octanol–water partition coefficient (Wildman–Crippen LogP) is 5.23. The molecule has 1 aromatic heterocycles. The second-order valence-electron chi connectivity index (χ2n) is 5.71. The fraction of sp³-hybridized carbons (Fsp3) is 0.150. The number of halogens is 1. The zero-order chi connectivity index (χ0) is 14.9. The highest BCUT2D eigenvalue weighted by Crippen LogP contribution is 2.41. The van der Waals surface area contributed by atoms with Gasteiger partial charge in [0.1, 0.15) is 5.82 Å². The topological polar surface area (TPSA) is 12.9 Å². The number of rotatable bonds is 3. The first kappa shape index (κ1) is 13.2. The molecule has 1 aliphatic carbocycles. The Morgan fingerprint density at radius 3 is 2.32 bits per heavy atom. The first-order chi connectivity index (χ1) is 10.8. The summed E-state index contributed by atoms with van der Waals surface area (Å²) in [4.78, 5) is 4.78. The molecule has 0 unspecified atom stereocenters. The predicted molar refractivity (Wildman–Crippen MR) is 85.9 cm³/mol. The summed E-state index contributed by atoms with van der Waals surface area (Å²) < 4.78 is 13.1. The van der Waals surface area contributed by atoms with Gasteiger partial charge in [-0.05, 0) is 42.2 Å². The van der Waals surface area contributed by atoms with Gasteiger partial charge in [0.2, 0.25) is 0 Å². The lowest BCUT2D eigenvalue weighted by Crippen LogP contribution is -1.93. The quantitative estimate of drug-likeness (QED) is 0.643. The molecule has 4 rings (SSSR count). The van der Waals surface area contributed by atoms with E-state index in [1.807, 2.05) is 24.3 Å². The van der Waals surface area contributed by atoms with Crippen molar-refractivity contribution in [2.45, 2.75) is 18.8 Å². The summed E-state index contributed by atoms with van der Waals surface area (Å²) in [7, 11) is 0. The van der Waals surface area contributed by atoms with Crippen molar-refractivity contribution in [3.63, 3.8) is 0 Å². The van der Waals surface area contributed by atoms with Crippen LogP contribution in [0, 0.1) is 11.9 Å². The SMILES string of the molecule is Fc1ccc(-c2[c]c(C3CC3)nc(-c3ccccc3)c2)cc1. The van der Waals surface area contributed by atoms with Crippen LogP contribution in [0.2, 0.25) is 0 Å². The molecule has 0 aliphatic heterocycles. The lowest BCUT2D eigenvalue weighted by Gasteiger charge is -2.09. The summed E-state index contributed by atoms with van der Waals surface area (Å²) >= 11 is 0. The Hall–Kier alpha value is -2.48. The molecule has 1 nitrogen and oxygen atoms in total. The normalized spacial score (nSPS) is 14.0. The van der Waals surface area contributed by atoms with Gasteiger partial charge in [-0.1, -0.05) is 42.5 Å². The van der Waals surface area contributed by atoms with Crippen LogP contribution in [0.1, 0.15) is 24.5 Å². The van der Waals surface area contributed by atoms with E-state index in [4.69, 9.17) is 4.98 Å². The minimum Gasteiger partial charge on any atom is -0.252 e. The molecule has 22 heavy (non-hydrogen) atoms. The molecule has 1 radical (unpaired) electrons. The summed E-state index contributed by atoms with van der Waals surface area (Å²) in [6.45, 7) is 0. The first-order valence-corrected chi connectivity index (χ1v) is 7.55. The smallest absolute Gasteiger partial charge is 0.123 e. The van der Waals surface area contributed by atoms with E-state index in [2.05, 4.69) is 18.2 Å². The Bertz CT molecular complexity index is 790. The third-order valence-corrected chi connectivity index (χ3v) is 3.97. The molecule has 0 atom stereocenters. The van der Waals surface area contributed by atoms with Gasteiger partial charge in [0.15, 0.2) is 0 Å². The molecule has 0 spiro atoms. The Morgan fingerprint density at radius 2 is 1.64 bits per heavy atom. The second-order valence-corrected chi connectivity index (χ2v) is 5.71. The van der Waals surface area contributed by atoms with Crippen LogP contribution in [0.4, 0.5) is 4.39 Å². The van der Waals surface area contributed by atoms with E-state index in [1.54, 1.807) is 12.1 Å². The monoisotopic (exact) mass is 288 g/mol. The highest BCUT2D eigenvalue weighted by molar-refractivity contribution is 5.70. The minimum absolute atomic E-state index is 0.219. The molecule has 2 aromatic carbocycles. The Balaban J connectivity index is 1.84. The van der Waals surface area contributed by atoms with E-state index in [9.17, 15) is 4.39 Å². The van der Waals surface area contributed by atoms with Crippen molar-refractivity contribution in [2.24, 2.45) is 0 Å². The van der Waals surface area contributed by atoms with Gasteiger partial charge in [-0.2, -0.15) is 0 Å². The summed E-state index contributed by atoms with van der Waals surface area (Å²) in [6.07, 6.45) is 2.37. The van der Waals surface area contributed by atoms with E-state index < -0.39 is 0 Å². The van der Waals surface area contributed by atoms with Gasteiger partial charge in [-0.3, -0.25) is 4.98 Å². The average Bonchev–Trinajstić information content (AvgIpc) is 3.41. The lowest BCUT2D eigenvalue weighted by atomic mass is 10.0. The van der Waals surface area contributed by atoms with Gasteiger partial charge >= 0.3 is 0 Å². The number of nitrogens with zero attached hydrogens (tertiary/aromatic N) is 1. The molecule has 2 heteroatoms. The van der Waals surface area contributed by atoms with Crippen LogP contribution in [-0.2, 0) is 0 Å². The molecular formula is C20H15FN. The molecule has 1 saturated carbocycles. The average molecular weight is 288 g/mol. The molecule has 0 bridgehead atoms. The van der Waals surface area contributed by atoms with Gasteiger partial charge in [0.05, 0.1) is 11.4 Å². The summed E-state index contributed by atoms with van der Waals surface area (Å²) in [5.41, 5.74) is 5.04. The van der Waals surface area contributed by atoms with Gasteiger partial charge < -0.3 is 0 Å². The lowest BCUT2D eigenvalue weighted by molar-refractivity contribution is 0.628. The third-order valence-electron chi connectivity index (χ3n) is 3.97. The highest BCUT2D eigenvalue weighted by atomic mass is 19.1. The van der Waals surface area contributed by atoms with Crippen LogP contribution >= 0.6 is 0 Å². The molecule has 1 aliphatic rings. The van der Waals surface area contributed by atoms with Crippen LogP contribution in [0.25, 0.3) is 22.4 Å². The fourth-order valence-corrected chi connectivity index (χ4v) is 2.59. The Morgan fingerprint density at radius 1 is 0.909 bits per heavy atom. The van der Waals surface area contributed by atoms with Crippen molar-refractivity contribution in [3.05, 3.63) is 78.2 Å². The van der Waals surface area contributed by atoms with E-state index in [1.165, 1.54) is 25.0 Å². The maximum Gasteiger partial charge on any atom is 0.123 e. The van der Waals surface area contributed by atoms with Crippen molar-refractivity contribution in [2.75, 3.05) is 0 Å². The zero-order valence-corrected chi connectivity index (χ0v) is 12.1. The molecular weight excluding hydrogens is 273 g/mol. The second kappa shape index (κ2) is 5.38. The zero-order valence-electron chi connectivity index (χ0n) is 12.1. The van der Waals surface area contributed by atoms with Crippen molar-refractivity contribution >= 4 is 0 Å². The Kier molecular flexibility index (Phi) is 3.23.